The largest absolute Gasteiger partial charge is 0.376 e. The summed E-state index contributed by atoms with van der Waals surface area (Å²) in [6, 6.07) is 7.39. The quantitative estimate of drug-likeness (QED) is 0.740. The zero-order valence-electron chi connectivity index (χ0n) is 9.48. The first-order chi connectivity index (χ1) is 8.99. The van der Waals surface area contributed by atoms with Gasteiger partial charge in [0.25, 0.3) is 0 Å². The minimum Gasteiger partial charge on any atom is -0.376 e. The maximum atomic E-state index is 13.6. The second-order valence-corrected chi connectivity index (χ2v) is 5.53. The van der Waals surface area contributed by atoms with Gasteiger partial charge in [-0.05, 0) is 24.3 Å². The van der Waals surface area contributed by atoms with Crippen LogP contribution in [0.4, 0.5) is 14.5 Å². The lowest BCUT2D eigenvalue weighted by molar-refractivity contribution is 0.586. The normalized spacial score (nSPS) is 10.6. The minimum atomic E-state index is -0.685. The molecule has 100 valence electrons. The molecule has 2 rings (SSSR count). The summed E-state index contributed by atoms with van der Waals surface area (Å²) in [5, 5.41) is 3.55. The van der Waals surface area contributed by atoms with Crippen molar-refractivity contribution in [1.82, 2.24) is 0 Å². The molecule has 1 N–H and O–H groups in total. The molecule has 0 aliphatic rings. The van der Waals surface area contributed by atoms with Crippen molar-refractivity contribution >= 4 is 44.8 Å². The molecule has 0 aliphatic heterocycles. The Morgan fingerprint density at radius 1 is 1.05 bits per heavy atom. The van der Waals surface area contributed by atoms with Crippen molar-refractivity contribution in [3.05, 3.63) is 62.0 Å². The molecule has 0 saturated carbocycles. The first-order valence-corrected chi connectivity index (χ1v) is 6.85. The van der Waals surface area contributed by atoms with E-state index in [1.807, 2.05) is 0 Å². The van der Waals surface area contributed by atoms with Gasteiger partial charge in [0, 0.05) is 26.6 Å². The van der Waals surface area contributed by atoms with Crippen molar-refractivity contribution in [2.45, 2.75) is 6.54 Å². The highest BCUT2D eigenvalue weighted by Gasteiger charge is 2.12. The predicted octanol–water partition coefficient (Wildman–Crippen LogP) is 5.65. The highest BCUT2D eigenvalue weighted by Crippen LogP contribution is 2.28. The monoisotopic (exact) mass is 365 g/mol. The van der Waals surface area contributed by atoms with Gasteiger partial charge in [-0.15, -0.1) is 0 Å². The minimum absolute atomic E-state index is 0.133. The molecule has 0 heterocycles. The maximum Gasteiger partial charge on any atom is 0.150 e. The topological polar surface area (TPSA) is 12.0 Å². The van der Waals surface area contributed by atoms with E-state index in [-0.39, 0.29) is 12.2 Å². The Bertz CT molecular complexity index is 576. The Morgan fingerprint density at radius 3 is 2.11 bits per heavy atom. The van der Waals surface area contributed by atoms with E-state index in [1.54, 1.807) is 18.2 Å². The van der Waals surface area contributed by atoms with Crippen LogP contribution in [0.1, 0.15) is 5.56 Å². The average Bonchev–Trinajstić information content (AvgIpc) is 2.31. The van der Waals surface area contributed by atoms with Crippen LogP contribution in [0, 0.1) is 11.6 Å². The molecule has 0 bridgehead atoms. The van der Waals surface area contributed by atoms with Crippen LogP contribution < -0.4 is 5.32 Å². The van der Waals surface area contributed by atoms with E-state index in [0.29, 0.717) is 20.1 Å². The SMILES string of the molecule is Fc1cc(Br)cc(F)c1NCc1c(Cl)cccc1Cl. The van der Waals surface area contributed by atoms with Crippen LogP contribution in [-0.4, -0.2) is 0 Å². The molecule has 0 radical (unpaired) electrons. The van der Waals surface area contributed by atoms with Crippen molar-refractivity contribution in [3.63, 3.8) is 0 Å². The third-order valence-electron chi connectivity index (χ3n) is 2.51. The van der Waals surface area contributed by atoms with Crippen LogP contribution in [0.2, 0.25) is 10.0 Å². The summed E-state index contributed by atoms with van der Waals surface area (Å²) in [4.78, 5) is 0. The summed E-state index contributed by atoms with van der Waals surface area (Å²) < 4.78 is 27.6. The fourth-order valence-corrected chi connectivity index (χ4v) is 2.52. The molecule has 6 heteroatoms. The lowest BCUT2D eigenvalue weighted by Gasteiger charge is -2.11. The third kappa shape index (κ3) is 3.38. The molecule has 0 atom stereocenters. The zero-order chi connectivity index (χ0) is 14.0. The molecule has 0 unspecified atom stereocenters. The highest BCUT2D eigenvalue weighted by molar-refractivity contribution is 9.10. The third-order valence-corrected chi connectivity index (χ3v) is 3.68. The Balaban J connectivity index is 2.24. The van der Waals surface area contributed by atoms with Gasteiger partial charge in [-0.2, -0.15) is 0 Å². The van der Waals surface area contributed by atoms with Crippen molar-refractivity contribution in [2.75, 3.05) is 5.32 Å². The number of anilines is 1. The predicted molar refractivity (Wildman–Crippen MR) is 77.8 cm³/mol. The smallest absolute Gasteiger partial charge is 0.150 e. The van der Waals surface area contributed by atoms with Crippen LogP contribution in [0.3, 0.4) is 0 Å². The van der Waals surface area contributed by atoms with Gasteiger partial charge in [0.2, 0.25) is 0 Å². The van der Waals surface area contributed by atoms with Gasteiger partial charge >= 0.3 is 0 Å². The van der Waals surface area contributed by atoms with Crippen LogP contribution in [-0.2, 0) is 6.54 Å². The molecule has 0 amide bonds. The molecule has 0 spiro atoms. The molecule has 2 aromatic rings. The molecule has 0 aliphatic carbocycles. The van der Waals surface area contributed by atoms with Crippen LogP contribution in [0.5, 0.6) is 0 Å². The van der Waals surface area contributed by atoms with Crippen molar-refractivity contribution in [3.8, 4) is 0 Å². The van der Waals surface area contributed by atoms with E-state index in [0.717, 1.165) is 0 Å². The molecule has 1 nitrogen and oxygen atoms in total. The molecule has 19 heavy (non-hydrogen) atoms. The Labute approximate surface area is 127 Å². The van der Waals surface area contributed by atoms with Gasteiger partial charge in [-0.1, -0.05) is 45.2 Å². The first kappa shape index (κ1) is 14.6. The van der Waals surface area contributed by atoms with Crippen LogP contribution in [0.15, 0.2) is 34.8 Å². The van der Waals surface area contributed by atoms with Gasteiger partial charge in [0.1, 0.15) is 17.3 Å². The van der Waals surface area contributed by atoms with Crippen molar-refractivity contribution < 1.29 is 8.78 Å². The molecule has 0 saturated heterocycles. The first-order valence-electron chi connectivity index (χ1n) is 5.30. The summed E-state index contributed by atoms with van der Waals surface area (Å²) in [5.74, 6) is -1.37. The van der Waals surface area contributed by atoms with Gasteiger partial charge in [-0.25, -0.2) is 8.78 Å². The van der Waals surface area contributed by atoms with E-state index in [2.05, 4.69) is 21.2 Å². The number of benzene rings is 2. The maximum absolute atomic E-state index is 13.6. The molecular weight excluding hydrogens is 359 g/mol. The summed E-state index contributed by atoms with van der Waals surface area (Å²) in [6.45, 7) is 0.133. The van der Waals surface area contributed by atoms with E-state index >= 15 is 0 Å². The number of halogens is 5. The van der Waals surface area contributed by atoms with Gasteiger partial charge in [0.05, 0.1) is 0 Å². The number of nitrogens with one attached hydrogen (secondary N) is 1. The van der Waals surface area contributed by atoms with E-state index < -0.39 is 11.6 Å². The molecule has 0 aromatic heterocycles. The van der Waals surface area contributed by atoms with E-state index in [4.69, 9.17) is 23.2 Å². The second kappa shape index (κ2) is 6.07. The van der Waals surface area contributed by atoms with Gasteiger partial charge < -0.3 is 5.32 Å². The van der Waals surface area contributed by atoms with Gasteiger partial charge in [0.15, 0.2) is 0 Å². The second-order valence-electron chi connectivity index (χ2n) is 3.80. The number of hydrogen-bond acceptors (Lipinski definition) is 1. The lowest BCUT2D eigenvalue weighted by Crippen LogP contribution is -2.05. The summed E-state index contributed by atoms with van der Waals surface area (Å²) in [5.41, 5.74) is 0.381. The Kier molecular flexibility index (Phi) is 4.66. The number of rotatable bonds is 3. The standard InChI is InChI=1S/C13H8BrCl2F2N/c14-7-4-11(17)13(12(18)5-7)19-6-8-9(15)2-1-3-10(8)16/h1-5,19H,6H2. The summed E-state index contributed by atoms with van der Waals surface area (Å²) in [7, 11) is 0. The van der Waals surface area contributed by atoms with Crippen molar-refractivity contribution in [1.29, 1.82) is 0 Å². The summed E-state index contributed by atoms with van der Waals surface area (Å²) in [6.07, 6.45) is 0. The summed E-state index contributed by atoms with van der Waals surface area (Å²) >= 11 is 15.0. The van der Waals surface area contributed by atoms with Crippen LogP contribution >= 0.6 is 39.1 Å². The van der Waals surface area contributed by atoms with E-state index in [1.165, 1.54) is 12.1 Å². The fraction of sp³-hybridized carbons (Fsp3) is 0.0769. The molecule has 0 fully saturated rings. The van der Waals surface area contributed by atoms with Crippen LogP contribution in [0.25, 0.3) is 0 Å². The average molecular weight is 367 g/mol. The molecule has 2 aromatic carbocycles. The fourth-order valence-electron chi connectivity index (χ4n) is 1.59. The number of hydrogen-bond donors (Lipinski definition) is 1. The highest BCUT2D eigenvalue weighted by atomic mass is 79.9. The molecular formula is C13H8BrCl2F2N. The van der Waals surface area contributed by atoms with Gasteiger partial charge in [-0.3, -0.25) is 0 Å². The Morgan fingerprint density at radius 2 is 1.58 bits per heavy atom. The zero-order valence-corrected chi connectivity index (χ0v) is 12.6. The van der Waals surface area contributed by atoms with E-state index in [9.17, 15) is 8.78 Å². The lowest BCUT2D eigenvalue weighted by atomic mass is 10.2. The Hall–Kier alpha value is -0.840. The van der Waals surface area contributed by atoms with Crippen molar-refractivity contribution in [2.24, 2.45) is 0 Å².